The van der Waals surface area contributed by atoms with E-state index in [1.54, 1.807) is 0 Å². The normalized spacial score (nSPS) is 22.9. The van der Waals surface area contributed by atoms with E-state index in [1.807, 2.05) is 0 Å². The van der Waals surface area contributed by atoms with Crippen LogP contribution >= 0.6 is 0 Å². The first-order valence-corrected chi connectivity index (χ1v) is 4.76. The van der Waals surface area contributed by atoms with Crippen molar-refractivity contribution in [1.29, 1.82) is 0 Å². The third-order valence-corrected chi connectivity index (χ3v) is 2.94. The van der Waals surface area contributed by atoms with Crippen molar-refractivity contribution in [2.24, 2.45) is 16.9 Å². The molecule has 0 bridgehead atoms. The van der Waals surface area contributed by atoms with Crippen molar-refractivity contribution in [3.05, 3.63) is 0 Å². The molecule has 0 aromatic heterocycles. The maximum atomic E-state index is 10.7. The molecule has 1 amide bonds. The van der Waals surface area contributed by atoms with Gasteiger partial charge in [-0.1, -0.05) is 6.92 Å². The largest absolute Gasteiger partial charge is 0.369 e. The Morgan fingerprint density at radius 3 is 2.38 bits per heavy atom. The van der Waals surface area contributed by atoms with E-state index in [0.29, 0.717) is 6.54 Å². The van der Waals surface area contributed by atoms with Gasteiger partial charge in [0.05, 0.1) is 6.54 Å². The molecule has 0 aromatic carbocycles. The lowest BCUT2D eigenvalue weighted by molar-refractivity contribution is -0.119. The summed E-state index contributed by atoms with van der Waals surface area (Å²) in [4.78, 5) is 12.8. The Hall–Kier alpha value is -0.610. The van der Waals surface area contributed by atoms with Gasteiger partial charge < -0.3 is 11.5 Å². The molecule has 1 aliphatic heterocycles. The van der Waals surface area contributed by atoms with Crippen LogP contribution in [0, 0.1) is 5.41 Å². The van der Waals surface area contributed by atoms with Crippen molar-refractivity contribution >= 4 is 5.91 Å². The zero-order chi connectivity index (χ0) is 9.90. The highest BCUT2D eigenvalue weighted by Crippen LogP contribution is 2.28. The Morgan fingerprint density at radius 2 is 2.00 bits per heavy atom. The van der Waals surface area contributed by atoms with Gasteiger partial charge in [-0.3, -0.25) is 9.69 Å². The molecule has 0 saturated carbocycles. The summed E-state index contributed by atoms with van der Waals surface area (Å²) in [6.07, 6.45) is 2.13. The number of hydrogen-bond donors (Lipinski definition) is 2. The molecule has 1 saturated heterocycles. The van der Waals surface area contributed by atoms with E-state index in [9.17, 15) is 4.79 Å². The van der Waals surface area contributed by atoms with Crippen LogP contribution in [0.5, 0.6) is 0 Å². The predicted octanol–water partition coefficient (Wildman–Crippen LogP) is -0.467. The summed E-state index contributed by atoms with van der Waals surface area (Å²) >= 11 is 0. The van der Waals surface area contributed by atoms with Crippen LogP contribution in [0.2, 0.25) is 0 Å². The molecule has 0 unspecified atom stereocenters. The van der Waals surface area contributed by atoms with Gasteiger partial charge in [0.15, 0.2) is 0 Å². The van der Waals surface area contributed by atoms with Crippen molar-refractivity contribution in [1.82, 2.24) is 4.90 Å². The van der Waals surface area contributed by atoms with Crippen molar-refractivity contribution in [3.8, 4) is 0 Å². The van der Waals surface area contributed by atoms with Crippen LogP contribution in [0.15, 0.2) is 0 Å². The fraction of sp³-hybridized carbons (Fsp3) is 0.889. The number of hydrogen-bond acceptors (Lipinski definition) is 3. The Balaban J connectivity index is 2.34. The Morgan fingerprint density at radius 1 is 1.46 bits per heavy atom. The van der Waals surface area contributed by atoms with E-state index in [1.165, 1.54) is 0 Å². The quantitative estimate of drug-likeness (QED) is 0.624. The van der Waals surface area contributed by atoms with E-state index >= 15 is 0 Å². The SMILES string of the molecule is CC1(CN)CCN(CC(N)=O)CC1. The molecule has 76 valence electrons. The van der Waals surface area contributed by atoms with Gasteiger partial charge in [0.25, 0.3) is 0 Å². The topological polar surface area (TPSA) is 72.3 Å². The Bertz CT molecular complexity index is 185. The second-order valence-corrected chi connectivity index (χ2v) is 4.26. The summed E-state index contributed by atoms with van der Waals surface area (Å²) in [5.41, 5.74) is 11.1. The maximum Gasteiger partial charge on any atom is 0.231 e. The summed E-state index contributed by atoms with van der Waals surface area (Å²) < 4.78 is 0. The fourth-order valence-corrected chi connectivity index (χ4v) is 1.68. The Kier molecular flexibility index (Phi) is 3.27. The molecule has 13 heavy (non-hydrogen) atoms. The number of rotatable bonds is 3. The minimum Gasteiger partial charge on any atom is -0.369 e. The van der Waals surface area contributed by atoms with Crippen LogP contribution in [0.1, 0.15) is 19.8 Å². The number of nitrogens with zero attached hydrogens (tertiary/aromatic N) is 1. The number of likely N-dealkylation sites (tertiary alicyclic amines) is 1. The lowest BCUT2D eigenvalue weighted by atomic mass is 9.80. The summed E-state index contributed by atoms with van der Waals surface area (Å²) in [6, 6.07) is 0. The average molecular weight is 185 g/mol. The highest BCUT2D eigenvalue weighted by molar-refractivity contribution is 5.75. The first-order chi connectivity index (χ1) is 6.06. The van der Waals surface area contributed by atoms with Crippen LogP contribution in [0.25, 0.3) is 0 Å². The molecule has 4 nitrogen and oxygen atoms in total. The van der Waals surface area contributed by atoms with Crippen molar-refractivity contribution in [2.75, 3.05) is 26.2 Å². The van der Waals surface area contributed by atoms with Gasteiger partial charge in [-0.05, 0) is 37.9 Å². The van der Waals surface area contributed by atoms with Crippen LogP contribution < -0.4 is 11.5 Å². The van der Waals surface area contributed by atoms with Crippen LogP contribution in [-0.4, -0.2) is 37.0 Å². The molecular formula is C9H19N3O. The lowest BCUT2D eigenvalue weighted by Crippen LogP contribution is -2.45. The minimum atomic E-state index is -0.239. The van der Waals surface area contributed by atoms with Gasteiger partial charge >= 0.3 is 0 Å². The summed E-state index contributed by atoms with van der Waals surface area (Å²) in [5, 5.41) is 0. The molecule has 1 heterocycles. The van der Waals surface area contributed by atoms with E-state index in [0.717, 1.165) is 32.5 Å². The monoisotopic (exact) mass is 185 g/mol. The van der Waals surface area contributed by atoms with Gasteiger partial charge in [-0.25, -0.2) is 0 Å². The number of nitrogens with two attached hydrogens (primary N) is 2. The third-order valence-electron chi connectivity index (χ3n) is 2.94. The number of carbonyl (C=O) groups excluding carboxylic acids is 1. The number of amides is 1. The minimum absolute atomic E-state index is 0.239. The van der Waals surface area contributed by atoms with E-state index in [4.69, 9.17) is 11.5 Å². The third kappa shape index (κ3) is 2.97. The van der Waals surface area contributed by atoms with Gasteiger partial charge in [0, 0.05) is 0 Å². The summed E-state index contributed by atoms with van der Waals surface area (Å²) in [5.74, 6) is -0.239. The van der Waals surface area contributed by atoms with Gasteiger partial charge in [-0.15, -0.1) is 0 Å². The molecule has 0 aliphatic carbocycles. The molecule has 1 rings (SSSR count). The molecule has 0 aromatic rings. The van der Waals surface area contributed by atoms with Crippen molar-refractivity contribution in [3.63, 3.8) is 0 Å². The second kappa shape index (κ2) is 4.07. The molecule has 0 atom stereocenters. The summed E-state index contributed by atoms with van der Waals surface area (Å²) in [6.45, 7) is 5.21. The first kappa shape index (κ1) is 10.5. The number of piperidine rings is 1. The van der Waals surface area contributed by atoms with Crippen LogP contribution in [0.4, 0.5) is 0 Å². The lowest BCUT2D eigenvalue weighted by Gasteiger charge is -2.38. The highest BCUT2D eigenvalue weighted by atomic mass is 16.1. The van der Waals surface area contributed by atoms with E-state index < -0.39 is 0 Å². The standard InChI is InChI=1S/C9H19N3O/c1-9(7-10)2-4-12(5-3-9)6-8(11)13/h2-7,10H2,1H3,(H2,11,13). The van der Waals surface area contributed by atoms with E-state index in [2.05, 4.69) is 11.8 Å². The zero-order valence-electron chi connectivity index (χ0n) is 8.25. The molecule has 1 aliphatic rings. The molecule has 0 radical (unpaired) electrons. The average Bonchev–Trinajstić information content (AvgIpc) is 2.09. The van der Waals surface area contributed by atoms with Crippen LogP contribution in [-0.2, 0) is 4.79 Å². The van der Waals surface area contributed by atoms with Gasteiger partial charge in [0.2, 0.25) is 5.91 Å². The Labute approximate surface area is 79.3 Å². The smallest absolute Gasteiger partial charge is 0.231 e. The van der Waals surface area contributed by atoms with Crippen molar-refractivity contribution in [2.45, 2.75) is 19.8 Å². The predicted molar refractivity (Wildman–Crippen MR) is 52.0 cm³/mol. The number of carbonyl (C=O) groups is 1. The molecule has 4 N–H and O–H groups in total. The van der Waals surface area contributed by atoms with Crippen molar-refractivity contribution < 1.29 is 4.79 Å². The number of primary amides is 1. The first-order valence-electron chi connectivity index (χ1n) is 4.76. The molecule has 0 spiro atoms. The second-order valence-electron chi connectivity index (χ2n) is 4.26. The summed E-state index contributed by atoms with van der Waals surface area (Å²) in [7, 11) is 0. The van der Waals surface area contributed by atoms with Crippen LogP contribution in [0.3, 0.4) is 0 Å². The fourth-order valence-electron chi connectivity index (χ4n) is 1.68. The molecule has 1 fully saturated rings. The highest BCUT2D eigenvalue weighted by Gasteiger charge is 2.28. The maximum absolute atomic E-state index is 10.7. The van der Waals surface area contributed by atoms with Gasteiger partial charge in [0.1, 0.15) is 0 Å². The van der Waals surface area contributed by atoms with Gasteiger partial charge in [-0.2, -0.15) is 0 Å². The molecular weight excluding hydrogens is 166 g/mol. The van der Waals surface area contributed by atoms with E-state index in [-0.39, 0.29) is 11.3 Å². The zero-order valence-corrected chi connectivity index (χ0v) is 8.25. The molecule has 4 heteroatoms.